The van der Waals surface area contributed by atoms with Gasteiger partial charge in [0.1, 0.15) is 0 Å². The topological polar surface area (TPSA) is 57.6 Å². The summed E-state index contributed by atoms with van der Waals surface area (Å²) in [7, 11) is 0. The number of hydrogen-bond acceptors (Lipinski definition) is 4. The third-order valence-electron chi connectivity index (χ3n) is 4.90. The molecule has 2 aromatic rings. The third kappa shape index (κ3) is 5.21. The highest BCUT2D eigenvalue weighted by atomic mass is 32.2. The van der Waals surface area contributed by atoms with Crippen LogP contribution in [0.25, 0.3) is 0 Å². The molecule has 4 nitrogen and oxygen atoms in total. The summed E-state index contributed by atoms with van der Waals surface area (Å²) in [6.45, 7) is 0.847. The number of amides is 1. The molecule has 1 aliphatic rings. The largest absolute Gasteiger partial charge is 0.396 e. The first-order chi connectivity index (χ1) is 13.2. The molecule has 1 heterocycles. The van der Waals surface area contributed by atoms with E-state index >= 15 is 0 Å². The van der Waals surface area contributed by atoms with Crippen LogP contribution in [0, 0.1) is 0 Å². The van der Waals surface area contributed by atoms with Gasteiger partial charge < -0.3 is 10.0 Å². The standard InChI is InChI=1S/C22H25NO3S/c24-14-12-19-10-4-5-13-23(19)22(26)18-9-6-11-20(15-18)27-16-21(25)17-7-2-1-3-8-17/h1-3,6-9,11,15,19,24H,4-5,10,12-14,16H2. The first kappa shape index (κ1) is 19.6. The number of rotatable bonds is 7. The van der Waals surface area contributed by atoms with Crippen LogP contribution in [-0.2, 0) is 0 Å². The summed E-state index contributed by atoms with van der Waals surface area (Å²) in [5.74, 6) is 0.444. The van der Waals surface area contributed by atoms with Crippen molar-refractivity contribution in [2.75, 3.05) is 18.9 Å². The smallest absolute Gasteiger partial charge is 0.254 e. The molecule has 5 heteroatoms. The van der Waals surface area contributed by atoms with Gasteiger partial charge in [0.2, 0.25) is 0 Å². The van der Waals surface area contributed by atoms with Gasteiger partial charge in [-0.05, 0) is 43.9 Å². The summed E-state index contributed by atoms with van der Waals surface area (Å²) in [4.78, 5) is 28.1. The number of carbonyl (C=O) groups is 2. The maximum absolute atomic E-state index is 13.0. The average molecular weight is 384 g/mol. The zero-order valence-electron chi connectivity index (χ0n) is 15.3. The Kier molecular flexibility index (Phi) is 7.07. The average Bonchev–Trinajstić information content (AvgIpc) is 2.73. The number of piperidine rings is 1. The Balaban J connectivity index is 1.66. The van der Waals surface area contributed by atoms with E-state index < -0.39 is 0 Å². The Labute approximate surface area is 164 Å². The van der Waals surface area contributed by atoms with E-state index in [1.165, 1.54) is 11.8 Å². The van der Waals surface area contributed by atoms with Crippen molar-refractivity contribution in [2.45, 2.75) is 36.6 Å². The van der Waals surface area contributed by atoms with Crippen LogP contribution in [0.5, 0.6) is 0 Å². The van der Waals surface area contributed by atoms with Gasteiger partial charge in [-0.3, -0.25) is 9.59 Å². The number of likely N-dealkylation sites (tertiary alicyclic amines) is 1. The minimum atomic E-state index is 0.0185. The van der Waals surface area contributed by atoms with Crippen molar-refractivity contribution in [2.24, 2.45) is 0 Å². The summed E-state index contributed by atoms with van der Waals surface area (Å²) in [6.07, 6.45) is 3.69. The van der Waals surface area contributed by atoms with Gasteiger partial charge in [0, 0.05) is 35.2 Å². The highest BCUT2D eigenvalue weighted by Crippen LogP contribution is 2.25. The van der Waals surface area contributed by atoms with Gasteiger partial charge in [-0.2, -0.15) is 0 Å². The molecule has 1 aliphatic heterocycles. The lowest BCUT2D eigenvalue weighted by atomic mass is 9.98. The second-order valence-corrected chi connectivity index (χ2v) is 7.81. The van der Waals surface area contributed by atoms with Gasteiger partial charge in [-0.25, -0.2) is 0 Å². The molecule has 0 radical (unpaired) electrons. The fraction of sp³-hybridized carbons (Fsp3) is 0.364. The zero-order chi connectivity index (χ0) is 19.1. The van der Waals surface area contributed by atoms with E-state index in [-0.39, 0.29) is 24.3 Å². The molecule has 1 saturated heterocycles. The highest BCUT2D eigenvalue weighted by molar-refractivity contribution is 8.00. The molecule has 3 rings (SSSR count). The first-order valence-electron chi connectivity index (χ1n) is 9.42. The zero-order valence-corrected chi connectivity index (χ0v) is 16.2. The quantitative estimate of drug-likeness (QED) is 0.579. The Morgan fingerprint density at radius 1 is 1.04 bits per heavy atom. The predicted molar refractivity (Wildman–Crippen MR) is 108 cm³/mol. The Morgan fingerprint density at radius 2 is 1.81 bits per heavy atom. The molecular weight excluding hydrogens is 358 g/mol. The normalized spacial score (nSPS) is 16.9. The molecule has 1 fully saturated rings. The number of thioether (sulfide) groups is 1. The molecule has 1 unspecified atom stereocenters. The number of carbonyl (C=O) groups excluding carboxylic acids is 2. The van der Waals surface area contributed by atoms with Crippen molar-refractivity contribution in [3.05, 3.63) is 65.7 Å². The second-order valence-electron chi connectivity index (χ2n) is 6.77. The lowest BCUT2D eigenvalue weighted by Crippen LogP contribution is -2.44. The van der Waals surface area contributed by atoms with Crippen LogP contribution in [0.1, 0.15) is 46.4 Å². The van der Waals surface area contributed by atoms with Crippen LogP contribution in [0.4, 0.5) is 0 Å². The van der Waals surface area contributed by atoms with Gasteiger partial charge in [0.15, 0.2) is 5.78 Å². The molecular formula is C22H25NO3S. The summed E-state index contributed by atoms with van der Waals surface area (Å²) in [6, 6.07) is 16.9. The van der Waals surface area contributed by atoms with Gasteiger partial charge in [-0.15, -0.1) is 11.8 Å². The minimum absolute atomic E-state index is 0.0185. The van der Waals surface area contributed by atoms with E-state index in [9.17, 15) is 14.7 Å². The van der Waals surface area contributed by atoms with E-state index in [1.807, 2.05) is 59.5 Å². The van der Waals surface area contributed by atoms with Crippen molar-refractivity contribution in [3.63, 3.8) is 0 Å². The molecule has 2 aromatic carbocycles. The molecule has 1 amide bonds. The van der Waals surface area contributed by atoms with Crippen molar-refractivity contribution in [1.82, 2.24) is 4.90 Å². The number of benzene rings is 2. The van der Waals surface area contributed by atoms with Crippen molar-refractivity contribution in [3.8, 4) is 0 Å². The molecule has 0 aliphatic carbocycles. The molecule has 0 spiro atoms. The van der Waals surface area contributed by atoms with Gasteiger partial charge in [0.05, 0.1) is 5.75 Å². The number of Topliss-reactive ketones (excluding diaryl/α,β-unsaturated/α-hetero) is 1. The van der Waals surface area contributed by atoms with Crippen molar-refractivity contribution in [1.29, 1.82) is 0 Å². The van der Waals surface area contributed by atoms with Crippen LogP contribution < -0.4 is 0 Å². The number of hydrogen-bond donors (Lipinski definition) is 1. The number of aliphatic hydroxyl groups is 1. The molecule has 0 saturated carbocycles. The molecule has 1 atom stereocenters. The maximum Gasteiger partial charge on any atom is 0.254 e. The van der Waals surface area contributed by atoms with Crippen LogP contribution in [0.2, 0.25) is 0 Å². The summed E-state index contributed by atoms with van der Waals surface area (Å²) < 4.78 is 0. The fourth-order valence-corrected chi connectivity index (χ4v) is 4.31. The third-order valence-corrected chi connectivity index (χ3v) is 5.89. The van der Waals surface area contributed by atoms with Gasteiger partial charge in [0.25, 0.3) is 5.91 Å². The van der Waals surface area contributed by atoms with Gasteiger partial charge >= 0.3 is 0 Å². The van der Waals surface area contributed by atoms with Gasteiger partial charge in [-0.1, -0.05) is 36.4 Å². The first-order valence-corrected chi connectivity index (χ1v) is 10.4. The molecule has 1 N–H and O–H groups in total. The Hall–Kier alpha value is -2.11. The predicted octanol–water partition coefficient (Wildman–Crippen LogP) is 4.04. The van der Waals surface area contributed by atoms with Crippen LogP contribution in [0.3, 0.4) is 0 Å². The number of aliphatic hydroxyl groups excluding tert-OH is 1. The lowest BCUT2D eigenvalue weighted by Gasteiger charge is -2.35. The fourth-order valence-electron chi connectivity index (χ4n) is 3.46. The van der Waals surface area contributed by atoms with Crippen molar-refractivity contribution < 1.29 is 14.7 Å². The monoisotopic (exact) mass is 383 g/mol. The van der Waals surface area contributed by atoms with Crippen LogP contribution in [-0.4, -0.2) is 46.6 Å². The summed E-state index contributed by atoms with van der Waals surface area (Å²) >= 11 is 1.45. The second kappa shape index (κ2) is 9.72. The Bertz CT molecular complexity index is 776. The molecule has 0 aromatic heterocycles. The van der Waals surface area contributed by atoms with E-state index in [0.29, 0.717) is 23.3 Å². The number of nitrogens with zero attached hydrogens (tertiary/aromatic N) is 1. The summed E-state index contributed by atoms with van der Waals surface area (Å²) in [5, 5.41) is 9.28. The maximum atomic E-state index is 13.0. The lowest BCUT2D eigenvalue weighted by molar-refractivity contribution is 0.0574. The summed E-state index contributed by atoms with van der Waals surface area (Å²) in [5.41, 5.74) is 1.36. The van der Waals surface area contributed by atoms with E-state index in [0.717, 1.165) is 30.7 Å². The minimum Gasteiger partial charge on any atom is -0.396 e. The van der Waals surface area contributed by atoms with Crippen LogP contribution >= 0.6 is 11.8 Å². The van der Waals surface area contributed by atoms with Crippen LogP contribution in [0.15, 0.2) is 59.5 Å². The molecule has 27 heavy (non-hydrogen) atoms. The molecule has 0 bridgehead atoms. The van der Waals surface area contributed by atoms with Crippen molar-refractivity contribution >= 4 is 23.5 Å². The van der Waals surface area contributed by atoms with E-state index in [1.54, 1.807) is 0 Å². The van der Waals surface area contributed by atoms with E-state index in [2.05, 4.69) is 0 Å². The molecule has 142 valence electrons. The highest BCUT2D eigenvalue weighted by Gasteiger charge is 2.27. The Morgan fingerprint density at radius 3 is 2.59 bits per heavy atom. The SMILES string of the molecule is O=C(CSc1cccc(C(=O)N2CCCCC2CCO)c1)c1ccccc1. The number of ketones is 1. The van der Waals surface area contributed by atoms with E-state index in [4.69, 9.17) is 0 Å².